The second kappa shape index (κ2) is 4.07. The minimum Gasteiger partial charge on any atom is -0.340 e. The van der Waals surface area contributed by atoms with E-state index in [2.05, 4.69) is 4.74 Å². The molecule has 74 valence electrons. The Morgan fingerprint density at radius 2 is 1.42 bits per heavy atom. The molecule has 0 aliphatic carbocycles. The lowest BCUT2D eigenvalue weighted by molar-refractivity contribution is -0.178. The van der Waals surface area contributed by atoms with Crippen molar-refractivity contribution in [3.8, 4) is 0 Å². The molecule has 0 fully saturated rings. The molecule has 0 saturated carbocycles. The average Bonchev–Trinajstić information content (AvgIpc) is 1.82. The Morgan fingerprint density at radius 3 is 1.67 bits per heavy atom. The van der Waals surface area contributed by atoms with Crippen molar-refractivity contribution >= 4 is 0 Å². The molecule has 5 heteroatoms. The predicted molar refractivity (Wildman–Crippen MR) is 36.6 cm³/mol. The predicted octanol–water partition coefficient (Wildman–Crippen LogP) is 2.70. The number of halogens is 4. The number of alkyl halides is 4. The van der Waals surface area contributed by atoms with Crippen molar-refractivity contribution in [1.29, 1.82) is 0 Å². The van der Waals surface area contributed by atoms with Crippen LogP contribution in [0.5, 0.6) is 0 Å². The molecule has 0 N–H and O–H groups in total. The van der Waals surface area contributed by atoms with Gasteiger partial charge in [-0.25, -0.2) is 17.6 Å². The van der Waals surface area contributed by atoms with Gasteiger partial charge in [-0.2, -0.15) is 0 Å². The summed E-state index contributed by atoms with van der Waals surface area (Å²) in [6.07, 6.45) is -8.78. The third-order valence-electron chi connectivity index (χ3n) is 0.957. The molecule has 0 aliphatic rings. The first-order chi connectivity index (χ1) is 5.24. The quantitative estimate of drug-likeness (QED) is 0.619. The van der Waals surface area contributed by atoms with Gasteiger partial charge in [-0.1, -0.05) is 0 Å². The van der Waals surface area contributed by atoms with Crippen LogP contribution in [-0.2, 0) is 4.74 Å². The summed E-state index contributed by atoms with van der Waals surface area (Å²) in [6, 6.07) is 0. The van der Waals surface area contributed by atoms with Gasteiger partial charge in [-0.3, -0.25) is 0 Å². The van der Waals surface area contributed by atoms with E-state index < -0.39 is 24.6 Å². The molecule has 0 bridgehead atoms. The topological polar surface area (TPSA) is 9.23 Å². The molecule has 0 amide bonds. The normalized spacial score (nSPS) is 18.0. The molecule has 0 aliphatic heterocycles. The summed E-state index contributed by atoms with van der Waals surface area (Å²) in [5.41, 5.74) is -0.960. The van der Waals surface area contributed by atoms with E-state index in [9.17, 15) is 17.6 Å². The van der Waals surface area contributed by atoms with Gasteiger partial charge in [-0.05, 0) is 20.8 Å². The van der Waals surface area contributed by atoms with E-state index in [4.69, 9.17) is 0 Å². The lowest BCUT2D eigenvalue weighted by Crippen LogP contribution is -2.34. The van der Waals surface area contributed by atoms with E-state index in [1.165, 1.54) is 20.8 Å². The maximum Gasteiger partial charge on any atom is 0.274 e. The maximum atomic E-state index is 12.5. The summed E-state index contributed by atoms with van der Waals surface area (Å²) in [4.78, 5) is 0. The highest BCUT2D eigenvalue weighted by Gasteiger charge is 2.33. The lowest BCUT2D eigenvalue weighted by atomic mass is 10.2. The van der Waals surface area contributed by atoms with Gasteiger partial charge in [-0.15, -0.1) is 0 Å². The van der Waals surface area contributed by atoms with Crippen LogP contribution in [-0.4, -0.2) is 24.6 Å². The standard InChI is InChI=1S/C7H12F4O/c1-7(2,3)12-6(11)4(8)5(9)10/h4-6H,1-3H3. The summed E-state index contributed by atoms with van der Waals surface area (Å²) < 4.78 is 52.1. The molecule has 0 aromatic carbocycles. The van der Waals surface area contributed by atoms with E-state index in [-0.39, 0.29) is 0 Å². The van der Waals surface area contributed by atoms with Gasteiger partial charge in [0.1, 0.15) is 0 Å². The number of hydrogen-bond donors (Lipinski definition) is 0. The van der Waals surface area contributed by atoms with Gasteiger partial charge in [0.2, 0.25) is 12.5 Å². The van der Waals surface area contributed by atoms with E-state index in [1.807, 2.05) is 0 Å². The minimum absolute atomic E-state index is 0.960. The summed E-state index contributed by atoms with van der Waals surface area (Å²) >= 11 is 0. The zero-order chi connectivity index (χ0) is 9.94. The number of hydrogen-bond acceptors (Lipinski definition) is 1. The molecule has 12 heavy (non-hydrogen) atoms. The molecular weight excluding hydrogens is 176 g/mol. The average molecular weight is 188 g/mol. The maximum absolute atomic E-state index is 12.5. The van der Waals surface area contributed by atoms with Crippen molar-refractivity contribution in [2.75, 3.05) is 0 Å². The number of rotatable bonds is 3. The van der Waals surface area contributed by atoms with Crippen LogP contribution in [0.1, 0.15) is 20.8 Å². The second-order valence-corrected chi connectivity index (χ2v) is 3.36. The van der Waals surface area contributed by atoms with Gasteiger partial charge >= 0.3 is 0 Å². The Bertz CT molecular complexity index is 132. The van der Waals surface area contributed by atoms with E-state index in [0.29, 0.717) is 0 Å². The highest BCUT2D eigenvalue weighted by molar-refractivity contribution is 4.67. The van der Waals surface area contributed by atoms with Crippen molar-refractivity contribution in [1.82, 2.24) is 0 Å². The van der Waals surface area contributed by atoms with Gasteiger partial charge in [0.25, 0.3) is 6.43 Å². The molecule has 2 atom stereocenters. The largest absolute Gasteiger partial charge is 0.340 e. The molecule has 1 nitrogen and oxygen atoms in total. The Hall–Kier alpha value is -0.320. The first kappa shape index (κ1) is 11.7. The van der Waals surface area contributed by atoms with Crippen LogP contribution in [0.15, 0.2) is 0 Å². The van der Waals surface area contributed by atoms with Crippen molar-refractivity contribution < 1.29 is 22.3 Å². The Balaban J connectivity index is 3.95. The van der Waals surface area contributed by atoms with Gasteiger partial charge in [0.05, 0.1) is 5.60 Å². The minimum atomic E-state index is -3.35. The fraction of sp³-hybridized carbons (Fsp3) is 1.00. The zero-order valence-electron chi connectivity index (χ0n) is 7.15. The third kappa shape index (κ3) is 4.54. The first-order valence-corrected chi connectivity index (χ1v) is 3.48. The smallest absolute Gasteiger partial charge is 0.274 e. The molecule has 0 rings (SSSR count). The Kier molecular flexibility index (Phi) is 3.96. The third-order valence-corrected chi connectivity index (χ3v) is 0.957. The zero-order valence-corrected chi connectivity index (χ0v) is 7.15. The van der Waals surface area contributed by atoms with Crippen molar-refractivity contribution in [3.63, 3.8) is 0 Å². The highest BCUT2D eigenvalue weighted by Crippen LogP contribution is 2.19. The highest BCUT2D eigenvalue weighted by atomic mass is 19.3. The SMILES string of the molecule is CC(C)(C)OC(F)C(F)C(F)F. The first-order valence-electron chi connectivity index (χ1n) is 3.48. The van der Waals surface area contributed by atoms with E-state index >= 15 is 0 Å². The van der Waals surface area contributed by atoms with Gasteiger partial charge in [0, 0.05) is 0 Å². The van der Waals surface area contributed by atoms with Crippen LogP contribution in [0.4, 0.5) is 17.6 Å². The van der Waals surface area contributed by atoms with Crippen LogP contribution in [0.2, 0.25) is 0 Å². The molecule has 0 heterocycles. The van der Waals surface area contributed by atoms with Crippen LogP contribution in [0, 0.1) is 0 Å². The second-order valence-electron chi connectivity index (χ2n) is 3.36. The van der Waals surface area contributed by atoms with Crippen LogP contribution in [0.3, 0.4) is 0 Å². The molecular formula is C7H12F4O. The summed E-state index contributed by atoms with van der Waals surface area (Å²) in [5.74, 6) is 0. The van der Waals surface area contributed by atoms with Crippen molar-refractivity contribution in [2.24, 2.45) is 0 Å². The fourth-order valence-electron chi connectivity index (χ4n) is 0.517. The lowest BCUT2D eigenvalue weighted by Gasteiger charge is -2.23. The molecule has 0 saturated heterocycles. The summed E-state index contributed by atoms with van der Waals surface area (Å²) in [6.45, 7) is 4.37. The monoisotopic (exact) mass is 188 g/mol. The molecule has 0 aromatic rings. The van der Waals surface area contributed by atoms with Crippen LogP contribution < -0.4 is 0 Å². The summed E-state index contributed by atoms with van der Waals surface area (Å²) in [7, 11) is 0. The summed E-state index contributed by atoms with van der Waals surface area (Å²) in [5, 5.41) is 0. The molecule has 0 radical (unpaired) electrons. The number of ether oxygens (including phenoxy) is 1. The van der Waals surface area contributed by atoms with Gasteiger partial charge in [0.15, 0.2) is 0 Å². The van der Waals surface area contributed by atoms with Crippen LogP contribution >= 0.6 is 0 Å². The Labute approximate surface area is 68.7 Å². The molecule has 2 unspecified atom stereocenters. The van der Waals surface area contributed by atoms with E-state index in [1.54, 1.807) is 0 Å². The Morgan fingerprint density at radius 1 is 1.00 bits per heavy atom. The van der Waals surface area contributed by atoms with Gasteiger partial charge < -0.3 is 4.74 Å². The molecule has 0 spiro atoms. The van der Waals surface area contributed by atoms with Crippen LogP contribution in [0.25, 0.3) is 0 Å². The van der Waals surface area contributed by atoms with E-state index in [0.717, 1.165) is 0 Å². The molecule has 0 aromatic heterocycles. The fourth-order valence-corrected chi connectivity index (χ4v) is 0.517. The van der Waals surface area contributed by atoms with Crippen molar-refractivity contribution in [2.45, 2.75) is 45.3 Å². The van der Waals surface area contributed by atoms with Crippen molar-refractivity contribution in [3.05, 3.63) is 0 Å².